The van der Waals surface area contributed by atoms with Crippen LogP contribution in [-0.2, 0) is 11.3 Å². The van der Waals surface area contributed by atoms with Gasteiger partial charge >= 0.3 is 0 Å². The SMILES string of the molecule is CCCCOCCn1cc(Br)cc(Br)c1=O. The second kappa shape index (κ2) is 7.25. The molecule has 16 heavy (non-hydrogen) atoms. The van der Waals surface area contributed by atoms with Crippen LogP contribution in [0, 0.1) is 0 Å². The van der Waals surface area contributed by atoms with Gasteiger partial charge < -0.3 is 9.30 Å². The molecule has 0 N–H and O–H groups in total. The van der Waals surface area contributed by atoms with Crippen LogP contribution < -0.4 is 5.56 Å². The first kappa shape index (κ1) is 13.9. The molecule has 1 rings (SSSR count). The lowest BCUT2D eigenvalue weighted by atomic mass is 10.4. The topological polar surface area (TPSA) is 31.2 Å². The minimum Gasteiger partial charge on any atom is -0.380 e. The van der Waals surface area contributed by atoms with Gasteiger partial charge in [-0.05, 0) is 44.3 Å². The van der Waals surface area contributed by atoms with E-state index < -0.39 is 0 Å². The van der Waals surface area contributed by atoms with Gasteiger partial charge in [0, 0.05) is 23.8 Å². The fourth-order valence-electron chi connectivity index (χ4n) is 1.24. The van der Waals surface area contributed by atoms with Crippen molar-refractivity contribution in [2.75, 3.05) is 13.2 Å². The van der Waals surface area contributed by atoms with Crippen LogP contribution in [0.4, 0.5) is 0 Å². The molecule has 0 fully saturated rings. The van der Waals surface area contributed by atoms with Gasteiger partial charge in [0.05, 0.1) is 11.1 Å². The van der Waals surface area contributed by atoms with E-state index in [2.05, 4.69) is 38.8 Å². The Labute approximate surface area is 112 Å². The number of pyridine rings is 1. The van der Waals surface area contributed by atoms with Crippen LogP contribution in [0.5, 0.6) is 0 Å². The number of rotatable bonds is 6. The van der Waals surface area contributed by atoms with Crippen LogP contribution in [0.1, 0.15) is 19.8 Å². The summed E-state index contributed by atoms with van der Waals surface area (Å²) in [6.45, 7) is 4.04. The molecule has 0 amide bonds. The first-order valence-corrected chi connectivity index (χ1v) is 6.87. The highest BCUT2D eigenvalue weighted by atomic mass is 79.9. The van der Waals surface area contributed by atoms with Gasteiger partial charge in [-0.25, -0.2) is 0 Å². The van der Waals surface area contributed by atoms with Crippen LogP contribution in [0.3, 0.4) is 0 Å². The second-order valence-electron chi connectivity index (χ2n) is 3.47. The van der Waals surface area contributed by atoms with Crippen molar-refractivity contribution in [3.63, 3.8) is 0 Å². The molecule has 0 aliphatic heterocycles. The van der Waals surface area contributed by atoms with E-state index in [1.54, 1.807) is 16.8 Å². The van der Waals surface area contributed by atoms with E-state index in [-0.39, 0.29) is 5.56 Å². The molecule has 5 heteroatoms. The number of unbranched alkanes of at least 4 members (excludes halogenated alkanes) is 1. The van der Waals surface area contributed by atoms with Gasteiger partial charge in [-0.15, -0.1) is 0 Å². The number of nitrogens with zero attached hydrogens (tertiary/aromatic N) is 1. The van der Waals surface area contributed by atoms with Crippen LogP contribution in [-0.4, -0.2) is 17.8 Å². The molecule has 0 atom stereocenters. The summed E-state index contributed by atoms with van der Waals surface area (Å²) in [5.74, 6) is 0. The van der Waals surface area contributed by atoms with Crippen molar-refractivity contribution >= 4 is 31.9 Å². The van der Waals surface area contributed by atoms with Crippen molar-refractivity contribution in [2.24, 2.45) is 0 Å². The summed E-state index contributed by atoms with van der Waals surface area (Å²) >= 11 is 6.58. The molecule has 0 saturated heterocycles. The summed E-state index contributed by atoms with van der Waals surface area (Å²) in [6, 6.07) is 1.75. The summed E-state index contributed by atoms with van der Waals surface area (Å²) < 4.78 is 8.51. The predicted octanol–water partition coefficient (Wildman–Crippen LogP) is 3.19. The minimum absolute atomic E-state index is 0.0257. The van der Waals surface area contributed by atoms with E-state index in [1.807, 2.05) is 0 Å². The zero-order valence-electron chi connectivity index (χ0n) is 9.21. The molecule has 0 spiro atoms. The van der Waals surface area contributed by atoms with Gasteiger partial charge in [0.25, 0.3) is 5.56 Å². The number of ether oxygens (including phenoxy) is 1. The third-order valence-corrected chi connectivity index (χ3v) is 3.13. The summed E-state index contributed by atoms with van der Waals surface area (Å²) in [5.41, 5.74) is -0.0257. The van der Waals surface area contributed by atoms with Gasteiger partial charge in [0.1, 0.15) is 0 Å². The van der Waals surface area contributed by atoms with Gasteiger partial charge in [-0.1, -0.05) is 13.3 Å². The van der Waals surface area contributed by atoms with E-state index in [4.69, 9.17) is 4.74 Å². The molecule has 1 aromatic heterocycles. The van der Waals surface area contributed by atoms with Crippen molar-refractivity contribution in [3.05, 3.63) is 31.6 Å². The van der Waals surface area contributed by atoms with Crippen LogP contribution in [0.25, 0.3) is 0 Å². The third kappa shape index (κ3) is 4.39. The van der Waals surface area contributed by atoms with Crippen molar-refractivity contribution in [1.82, 2.24) is 4.57 Å². The van der Waals surface area contributed by atoms with Gasteiger partial charge in [-0.2, -0.15) is 0 Å². The van der Waals surface area contributed by atoms with Crippen molar-refractivity contribution in [2.45, 2.75) is 26.3 Å². The highest BCUT2D eigenvalue weighted by Crippen LogP contribution is 2.12. The molecule has 0 aliphatic carbocycles. The van der Waals surface area contributed by atoms with Crippen LogP contribution in [0.2, 0.25) is 0 Å². The fraction of sp³-hybridized carbons (Fsp3) is 0.545. The Morgan fingerprint density at radius 1 is 1.38 bits per heavy atom. The summed E-state index contributed by atoms with van der Waals surface area (Å²) in [6.07, 6.45) is 3.97. The van der Waals surface area contributed by atoms with Crippen molar-refractivity contribution in [1.29, 1.82) is 0 Å². The minimum atomic E-state index is -0.0257. The molecule has 0 bridgehead atoms. The van der Waals surface area contributed by atoms with Crippen LogP contribution in [0.15, 0.2) is 26.0 Å². The Bertz CT molecular complexity index is 390. The molecule has 0 aromatic carbocycles. The highest BCUT2D eigenvalue weighted by Gasteiger charge is 2.02. The maximum absolute atomic E-state index is 11.7. The standard InChI is InChI=1S/C11H15Br2NO2/c1-2-3-5-16-6-4-14-8-9(12)7-10(13)11(14)15/h7-8H,2-6H2,1H3. The Morgan fingerprint density at radius 3 is 2.81 bits per heavy atom. The molecular weight excluding hydrogens is 338 g/mol. The van der Waals surface area contributed by atoms with Gasteiger partial charge in [0.2, 0.25) is 0 Å². The molecule has 0 saturated carbocycles. The van der Waals surface area contributed by atoms with Crippen molar-refractivity contribution in [3.8, 4) is 0 Å². The number of hydrogen-bond acceptors (Lipinski definition) is 2. The molecule has 3 nitrogen and oxygen atoms in total. The normalized spacial score (nSPS) is 10.7. The monoisotopic (exact) mass is 351 g/mol. The van der Waals surface area contributed by atoms with E-state index in [9.17, 15) is 4.79 Å². The lowest BCUT2D eigenvalue weighted by Crippen LogP contribution is -2.22. The van der Waals surface area contributed by atoms with E-state index in [1.165, 1.54) is 0 Å². The Morgan fingerprint density at radius 2 is 2.12 bits per heavy atom. The first-order valence-electron chi connectivity index (χ1n) is 5.28. The average molecular weight is 353 g/mol. The molecule has 0 unspecified atom stereocenters. The highest BCUT2D eigenvalue weighted by molar-refractivity contribution is 9.11. The number of hydrogen-bond donors (Lipinski definition) is 0. The number of aromatic nitrogens is 1. The maximum atomic E-state index is 11.7. The fourth-order valence-corrected chi connectivity index (χ4v) is 2.50. The zero-order chi connectivity index (χ0) is 12.0. The lowest BCUT2D eigenvalue weighted by molar-refractivity contribution is 0.123. The Hall–Kier alpha value is -0.130. The lowest BCUT2D eigenvalue weighted by Gasteiger charge is -2.07. The molecule has 1 aromatic rings. The quantitative estimate of drug-likeness (QED) is 0.736. The van der Waals surface area contributed by atoms with E-state index >= 15 is 0 Å². The van der Waals surface area contributed by atoms with Gasteiger partial charge in [-0.3, -0.25) is 4.79 Å². The van der Waals surface area contributed by atoms with E-state index in [0.717, 1.165) is 23.9 Å². The van der Waals surface area contributed by atoms with E-state index in [0.29, 0.717) is 17.6 Å². The second-order valence-corrected chi connectivity index (χ2v) is 5.24. The molecule has 90 valence electrons. The summed E-state index contributed by atoms with van der Waals surface area (Å²) in [7, 11) is 0. The number of halogens is 2. The van der Waals surface area contributed by atoms with Crippen molar-refractivity contribution < 1.29 is 4.74 Å². The molecule has 0 aliphatic rings. The first-order chi connectivity index (χ1) is 7.65. The smallest absolute Gasteiger partial charge is 0.264 e. The summed E-state index contributed by atoms with van der Waals surface area (Å²) in [5, 5.41) is 0. The Kier molecular flexibility index (Phi) is 6.31. The molecular formula is C11H15Br2NO2. The maximum Gasteiger partial charge on any atom is 0.264 e. The molecule has 0 radical (unpaired) electrons. The molecule has 1 heterocycles. The zero-order valence-corrected chi connectivity index (χ0v) is 12.4. The summed E-state index contributed by atoms with van der Waals surface area (Å²) in [4.78, 5) is 11.7. The average Bonchev–Trinajstić information content (AvgIpc) is 2.24. The largest absolute Gasteiger partial charge is 0.380 e. The predicted molar refractivity (Wildman–Crippen MR) is 71.8 cm³/mol. The van der Waals surface area contributed by atoms with Gasteiger partial charge in [0.15, 0.2) is 0 Å². The Balaban J connectivity index is 2.51. The van der Waals surface area contributed by atoms with Crippen LogP contribution >= 0.6 is 31.9 Å². The third-order valence-electron chi connectivity index (χ3n) is 2.13.